The van der Waals surface area contributed by atoms with Gasteiger partial charge in [-0.15, -0.1) is 0 Å². The first kappa shape index (κ1) is 21.3. The fourth-order valence-corrected chi connectivity index (χ4v) is 4.60. The standard InChI is InChI=1S/C20H22ClN3O4S/c1-13-11-15-12-18(7-8-19(15)24(13)14(2)25)29(27,28)22-10-9-20(26)23-17-5-3-16(21)4-6-17/h3-8,12-13,22H,9-11H2,1-2H3,(H,23,26)/t13-/m0/s1. The Balaban J connectivity index is 1.60. The summed E-state index contributed by atoms with van der Waals surface area (Å²) in [6.45, 7) is 3.38. The summed E-state index contributed by atoms with van der Waals surface area (Å²) in [5.41, 5.74) is 2.15. The summed E-state index contributed by atoms with van der Waals surface area (Å²) in [6, 6.07) is 11.4. The summed E-state index contributed by atoms with van der Waals surface area (Å²) in [7, 11) is -3.76. The normalized spacial score (nSPS) is 15.8. The summed E-state index contributed by atoms with van der Waals surface area (Å²) >= 11 is 5.80. The lowest BCUT2D eigenvalue weighted by Crippen LogP contribution is -2.33. The van der Waals surface area contributed by atoms with Gasteiger partial charge in [0.15, 0.2) is 0 Å². The van der Waals surface area contributed by atoms with Gasteiger partial charge in [0.25, 0.3) is 0 Å². The van der Waals surface area contributed by atoms with Crippen molar-refractivity contribution >= 4 is 44.8 Å². The summed E-state index contributed by atoms with van der Waals surface area (Å²) in [4.78, 5) is 25.6. The topological polar surface area (TPSA) is 95.6 Å². The molecule has 2 aromatic carbocycles. The lowest BCUT2D eigenvalue weighted by Gasteiger charge is -2.20. The Kier molecular flexibility index (Phi) is 6.26. The molecule has 0 unspecified atom stereocenters. The van der Waals surface area contributed by atoms with Gasteiger partial charge in [0.05, 0.1) is 4.90 Å². The van der Waals surface area contributed by atoms with Crippen molar-refractivity contribution in [2.45, 2.75) is 37.6 Å². The Bertz CT molecular complexity index is 1040. The second-order valence-corrected chi connectivity index (χ2v) is 9.14. The molecule has 154 valence electrons. The molecule has 0 spiro atoms. The number of amides is 2. The molecule has 7 nitrogen and oxygen atoms in total. The van der Waals surface area contributed by atoms with Crippen LogP contribution < -0.4 is 14.9 Å². The molecule has 1 heterocycles. The van der Waals surface area contributed by atoms with Crippen molar-refractivity contribution in [2.24, 2.45) is 0 Å². The van der Waals surface area contributed by atoms with E-state index in [1.807, 2.05) is 6.92 Å². The number of hydrogen-bond acceptors (Lipinski definition) is 4. The van der Waals surface area contributed by atoms with E-state index in [1.54, 1.807) is 41.3 Å². The fraction of sp³-hybridized carbons (Fsp3) is 0.300. The van der Waals surface area contributed by atoms with Gasteiger partial charge < -0.3 is 10.2 Å². The van der Waals surface area contributed by atoms with Gasteiger partial charge in [-0.2, -0.15) is 0 Å². The number of anilines is 2. The third-order valence-electron chi connectivity index (χ3n) is 4.69. The predicted molar refractivity (Wildman–Crippen MR) is 113 cm³/mol. The van der Waals surface area contributed by atoms with E-state index in [9.17, 15) is 18.0 Å². The summed E-state index contributed by atoms with van der Waals surface area (Å²) in [5, 5.41) is 3.24. The van der Waals surface area contributed by atoms with E-state index >= 15 is 0 Å². The Hall–Kier alpha value is -2.42. The van der Waals surface area contributed by atoms with E-state index in [1.165, 1.54) is 13.0 Å². The third-order valence-corrected chi connectivity index (χ3v) is 6.40. The monoisotopic (exact) mass is 435 g/mol. The number of carbonyl (C=O) groups excluding carboxylic acids is 2. The van der Waals surface area contributed by atoms with Gasteiger partial charge in [0.1, 0.15) is 0 Å². The minimum absolute atomic E-state index is 0.00928. The number of carbonyl (C=O) groups is 2. The van der Waals surface area contributed by atoms with Gasteiger partial charge in [0, 0.05) is 42.3 Å². The van der Waals surface area contributed by atoms with Crippen molar-refractivity contribution in [3.8, 4) is 0 Å². The van der Waals surface area contributed by atoms with Crippen LogP contribution in [-0.2, 0) is 26.0 Å². The number of benzene rings is 2. The molecular formula is C20H22ClN3O4S. The van der Waals surface area contributed by atoms with Crippen molar-refractivity contribution in [3.63, 3.8) is 0 Å². The van der Waals surface area contributed by atoms with Crippen LogP contribution in [0.25, 0.3) is 0 Å². The predicted octanol–water partition coefficient (Wildman–Crippen LogP) is 2.94. The molecule has 1 aliphatic rings. The van der Waals surface area contributed by atoms with Crippen molar-refractivity contribution in [1.29, 1.82) is 0 Å². The van der Waals surface area contributed by atoms with Crippen LogP contribution in [0, 0.1) is 0 Å². The zero-order chi connectivity index (χ0) is 21.2. The van der Waals surface area contributed by atoms with E-state index in [0.29, 0.717) is 17.1 Å². The lowest BCUT2D eigenvalue weighted by atomic mass is 10.1. The minimum atomic E-state index is -3.76. The number of sulfonamides is 1. The fourth-order valence-electron chi connectivity index (χ4n) is 3.39. The van der Waals surface area contributed by atoms with Gasteiger partial charge >= 0.3 is 0 Å². The van der Waals surface area contributed by atoms with Crippen molar-refractivity contribution < 1.29 is 18.0 Å². The van der Waals surface area contributed by atoms with Crippen LogP contribution in [0.3, 0.4) is 0 Å². The molecule has 0 aliphatic carbocycles. The highest BCUT2D eigenvalue weighted by molar-refractivity contribution is 7.89. The molecule has 0 radical (unpaired) electrons. The zero-order valence-electron chi connectivity index (χ0n) is 16.1. The van der Waals surface area contributed by atoms with Crippen LogP contribution in [0.4, 0.5) is 11.4 Å². The van der Waals surface area contributed by atoms with Crippen LogP contribution in [0.1, 0.15) is 25.8 Å². The highest BCUT2D eigenvalue weighted by atomic mass is 35.5. The SMILES string of the molecule is CC(=O)N1c2ccc(S(=O)(=O)NCCC(=O)Nc3ccc(Cl)cc3)cc2C[C@@H]1C. The average Bonchev–Trinajstić information content (AvgIpc) is 2.98. The Morgan fingerprint density at radius 2 is 1.86 bits per heavy atom. The van der Waals surface area contributed by atoms with Gasteiger partial charge in [-0.25, -0.2) is 13.1 Å². The molecule has 1 atom stereocenters. The zero-order valence-corrected chi connectivity index (χ0v) is 17.7. The van der Waals surface area contributed by atoms with Crippen molar-refractivity contribution in [1.82, 2.24) is 4.72 Å². The van der Waals surface area contributed by atoms with E-state index in [4.69, 9.17) is 11.6 Å². The molecule has 2 N–H and O–H groups in total. The largest absolute Gasteiger partial charge is 0.326 e. The molecule has 2 aromatic rings. The molecule has 0 aromatic heterocycles. The van der Waals surface area contributed by atoms with Gasteiger partial charge in [-0.3, -0.25) is 9.59 Å². The molecule has 0 fully saturated rings. The summed E-state index contributed by atoms with van der Waals surface area (Å²) in [5.74, 6) is -0.383. The minimum Gasteiger partial charge on any atom is -0.326 e. The van der Waals surface area contributed by atoms with E-state index in [-0.39, 0.29) is 35.7 Å². The van der Waals surface area contributed by atoms with Crippen LogP contribution in [-0.4, -0.2) is 32.8 Å². The number of hydrogen-bond donors (Lipinski definition) is 2. The molecule has 0 saturated heterocycles. The molecule has 3 rings (SSSR count). The number of halogens is 1. The van der Waals surface area contributed by atoms with Crippen molar-refractivity contribution in [2.75, 3.05) is 16.8 Å². The van der Waals surface area contributed by atoms with Crippen LogP contribution in [0.5, 0.6) is 0 Å². The second kappa shape index (κ2) is 8.52. The maximum Gasteiger partial charge on any atom is 0.240 e. The van der Waals surface area contributed by atoms with E-state index < -0.39 is 10.0 Å². The highest BCUT2D eigenvalue weighted by Gasteiger charge is 2.30. The first-order valence-corrected chi connectivity index (χ1v) is 11.0. The second-order valence-electron chi connectivity index (χ2n) is 6.94. The number of nitrogens with zero attached hydrogens (tertiary/aromatic N) is 1. The number of rotatable bonds is 6. The molecule has 0 saturated carbocycles. The molecule has 29 heavy (non-hydrogen) atoms. The quantitative estimate of drug-likeness (QED) is 0.729. The highest BCUT2D eigenvalue weighted by Crippen LogP contribution is 2.33. The summed E-state index contributed by atoms with van der Waals surface area (Å²) < 4.78 is 27.6. The Labute approximate surface area is 175 Å². The van der Waals surface area contributed by atoms with Crippen molar-refractivity contribution in [3.05, 3.63) is 53.1 Å². The Morgan fingerprint density at radius 1 is 1.17 bits per heavy atom. The maximum absolute atomic E-state index is 12.6. The van der Waals surface area contributed by atoms with Gasteiger partial charge in [-0.1, -0.05) is 11.6 Å². The van der Waals surface area contributed by atoms with E-state index in [0.717, 1.165) is 11.3 Å². The van der Waals surface area contributed by atoms with Crippen LogP contribution >= 0.6 is 11.6 Å². The molecule has 2 amide bonds. The molecular weight excluding hydrogens is 414 g/mol. The lowest BCUT2D eigenvalue weighted by molar-refractivity contribution is -0.117. The maximum atomic E-state index is 12.6. The number of fused-ring (bicyclic) bond motifs is 1. The van der Waals surface area contributed by atoms with Crippen LogP contribution in [0.2, 0.25) is 5.02 Å². The molecule has 0 bridgehead atoms. The Morgan fingerprint density at radius 3 is 2.52 bits per heavy atom. The van der Waals surface area contributed by atoms with Gasteiger partial charge in [0.2, 0.25) is 21.8 Å². The van der Waals surface area contributed by atoms with Crippen LogP contribution in [0.15, 0.2) is 47.4 Å². The molecule has 1 aliphatic heterocycles. The first-order valence-electron chi connectivity index (χ1n) is 9.15. The smallest absolute Gasteiger partial charge is 0.240 e. The average molecular weight is 436 g/mol. The van der Waals surface area contributed by atoms with Gasteiger partial charge in [-0.05, 0) is 61.4 Å². The first-order chi connectivity index (χ1) is 13.7. The summed E-state index contributed by atoms with van der Waals surface area (Å²) in [6.07, 6.45) is 0.587. The third kappa shape index (κ3) is 4.95. The molecule has 9 heteroatoms. The van der Waals surface area contributed by atoms with E-state index in [2.05, 4.69) is 10.0 Å². The number of nitrogens with one attached hydrogen (secondary N) is 2.